The van der Waals surface area contributed by atoms with E-state index in [1.54, 1.807) is 29.3 Å². The zero-order valence-electron chi connectivity index (χ0n) is 23.8. The first-order valence-electron chi connectivity index (χ1n) is 14.0. The molecule has 4 amide bonds. The average Bonchev–Trinajstić information content (AvgIpc) is 3.74. The van der Waals surface area contributed by atoms with Gasteiger partial charge in [-0.25, -0.2) is 4.39 Å². The van der Waals surface area contributed by atoms with Crippen LogP contribution in [0.25, 0.3) is 0 Å². The molecule has 0 radical (unpaired) electrons. The van der Waals surface area contributed by atoms with Gasteiger partial charge in [0.25, 0.3) is 23.6 Å². The van der Waals surface area contributed by atoms with Gasteiger partial charge in [-0.3, -0.25) is 19.2 Å². The highest BCUT2D eigenvalue weighted by Gasteiger charge is 2.18. The minimum absolute atomic E-state index is 0.139. The maximum atomic E-state index is 14.0. The number of piperidine rings is 1. The van der Waals surface area contributed by atoms with E-state index in [2.05, 4.69) is 31.2 Å². The molecule has 0 bridgehead atoms. The number of nitrogens with one attached hydrogen (secondary N) is 5. The van der Waals surface area contributed by atoms with Crippen LogP contribution in [-0.4, -0.2) is 64.3 Å². The highest BCUT2D eigenvalue weighted by atomic mass is 35.5. The van der Waals surface area contributed by atoms with Crippen molar-refractivity contribution < 1.29 is 23.6 Å². The second-order valence-corrected chi connectivity index (χ2v) is 11.7. The highest BCUT2D eigenvalue weighted by Crippen LogP contribution is 2.23. The van der Waals surface area contributed by atoms with Gasteiger partial charge in [-0.1, -0.05) is 18.0 Å². The molecule has 4 aromatic rings. The van der Waals surface area contributed by atoms with E-state index in [0.29, 0.717) is 28.5 Å². The normalized spacial score (nSPS) is 13.3. The Morgan fingerprint density at radius 3 is 2.43 bits per heavy atom. The van der Waals surface area contributed by atoms with E-state index in [9.17, 15) is 23.6 Å². The third-order valence-corrected chi connectivity index (χ3v) is 8.26. The number of thiophene rings is 1. The number of anilines is 3. The summed E-state index contributed by atoms with van der Waals surface area (Å²) in [5.41, 5.74) is 1.51. The summed E-state index contributed by atoms with van der Waals surface area (Å²) < 4.78 is 15.7. The fourth-order valence-electron chi connectivity index (χ4n) is 4.84. The highest BCUT2D eigenvalue weighted by molar-refractivity contribution is 7.12. The van der Waals surface area contributed by atoms with Crippen LogP contribution in [0.2, 0.25) is 5.02 Å². The number of aryl methyl sites for hydroxylation is 1. The quantitative estimate of drug-likeness (QED) is 0.163. The third kappa shape index (κ3) is 7.73. The van der Waals surface area contributed by atoms with Crippen LogP contribution in [0, 0.1) is 5.82 Å². The predicted octanol–water partition coefficient (Wildman–Crippen LogP) is 5.18. The first kappa shape index (κ1) is 31.0. The Hall–Kier alpha value is -4.46. The molecule has 230 valence electrons. The van der Waals surface area contributed by atoms with Gasteiger partial charge in [0, 0.05) is 42.9 Å². The molecule has 5 N–H and O–H groups in total. The molecular weight excluding hydrogens is 609 g/mol. The fourth-order valence-corrected chi connectivity index (χ4v) is 5.73. The van der Waals surface area contributed by atoms with Crippen LogP contribution < -0.4 is 21.3 Å². The van der Waals surface area contributed by atoms with Crippen LogP contribution in [0.5, 0.6) is 0 Å². The predicted molar refractivity (Wildman–Crippen MR) is 168 cm³/mol. The number of nitrogens with zero attached hydrogens (tertiary/aromatic N) is 2. The second-order valence-electron chi connectivity index (χ2n) is 10.4. The molecule has 0 unspecified atom stereocenters. The monoisotopic (exact) mass is 639 g/mol. The lowest BCUT2D eigenvalue weighted by atomic mass is 10.1. The van der Waals surface area contributed by atoms with Crippen molar-refractivity contribution in [2.45, 2.75) is 19.3 Å². The van der Waals surface area contributed by atoms with Crippen LogP contribution in [0.3, 0.4) is 0 Å². The SMILES string of the molecule is Cn1cc(NC(=O)c2cc(NC(=O)c3cc(NC(=O)c4ccc(Cl)cc4F)c[nH]3)cs2)cc1C(=O)NCCN1CCCCC1. The van der Waals surface area contributed by atoms with Crippen molar-refractivity contribution in [3.8, 4) is 0 Å². The summed E-state index contributed by atoms with van der Waals surface area (Å²) in [7, 11) is 1.74. The van der Waals surface area contributed by atoms with Gasteiger partial charge in [0.2, 0.25) is 0 Å². The minimum Gasteiger partial charge on any atom is -0.355 e. The summed E-state index contributed by atoms with van der Waals surface area (Å²) in [4.78, 5) is 56.2. The van der Waals surface area contributed by atoms with E-state index >= 15 is 0 Å². The van der Waals surface area contributed by atoms with E-state index in [1.807, 2.05) is 0 Å². The Morgan fingerprint density at radius 1 is 0.909 bits per heavy atom. The lowest BCUT2D eigenvalue weighted by Gasteiger charge is -2.26. The molecule has 3 aromatic heterocycles. The second kappa shape index (κ2) is 13.9. The molecular formula is C30H31ClFN7O4S. The number of aromatic nitrogens is 2. The first-order chi connectivity index (χ1) is 21.2. The Bertz CT molecular complexity index is 1690. The van der Waals surface area contributed by atoms with Gasteiger partial charge in [-0.2, -0.15) is 0 Å². The third-order valence-electron chi connectivity index (χ3n) is 7.10. The molecule has 0 saturated carbocycles. The standard InChI is InChI=1S/C30H31ClFN7O4S/c1-38-16-20(13-25(38)29(42)33-7-10-39-8-3-2-4-9-39)36-30(43)26-14-21(17-44-26)37-28(41)24-12-19(15-34-24)35-27(40)22-6-5-18(31)11-23(22)32/h5-6,11-17,34H,2-4,7-10H2,1H3,(H,33,42)(H,35,40)(H,36,43)(H,37,41). The van der Waals surface area contributed by atoms with Gasteiger partial charge in [-0.15, -0.1) is 11.3 Å². The van der Waals surface area contributed by atoms with Gasteiger partial charge in [0.05, 0.1) is 27.5 Å². The lowest BCUT2D eigenvalue weighted by molar-refractivity contribution is 0.0936. The van der Waals surface area contributed by atoms with Crippen LogP contribution in [0.1, 0.15) is 60.3 Å². The molecule has 1 fully saturated rings. The van der Waals surface area contributed by atoms with Crippen molar-refractivity contribution >= 4 is 63.6 Å². The first-order valence-corrected chi connectivity index (χ1v) is 15.2. The van der Waals surface area contributed by atoms with Crippen molar-refractivity contribution in [3.05, 3.63) is 86.8 Å². The smallest absolute Gasteiger partial charge is 0.272 e. The Balaban J connectivity index is 1.12. The number of rotatable bonds is 10. The molecule has 11 nitrogen and oxygen atoms in total. The van der Waals surface area contributed by atoms with Crippen molar-refractivity contribution in [1.29, 1.82) is 0 Å². The molecule has 5 rings (SSSR count). The molecule has 1 aliphatic heterocycles. The van der Waals surface area contributed by atoms with Gasteiger partial charge in [-0.05, 0) is 62.3 Å². The molecule has 0 atom stereocenters. The number of halogens is 2. The number of carbonyl (C=O) groups excluding carboxylic acids is 4. The minimum atomic E-state index is -0.766. The largest absolute Gasteiger partial charge is 0.355 e. The van der Waals surface area contributed by atoms with Gasteiger partial charge in [0.15, 0.2) is 0 Å². The number of benzene rings is 1. The van der Waals surface area contributed by atoms with Gasteiger partial charge in [0.1, 0.15) is 17.2 Å². The average molecular weight is 640 g/mol. The summed E-state index contributed by atoms with van der Waals surface area (Å²) in [6.45, 7) is 3.49. The number of hydrogen-bond donors (Lipinski definition) is 5. The maximum Gasteiger partial charge on any atom is 0.272 e. The summed E-state index contributed by atoms with van der Waals surface area (Å²) >= 11 is 6.87. The maximum absolute atomic E-state index is 14.0. The lowest BCUT2D eigenvalue weighted by Crippen LogP contribution is -2.38. The summed E-state index contributed by atoms with van der Waals surface area (Å²) in [6, 6.07) is 8.26. The number of amides is 4. The van der Waals surface area contributed by atoms with Crippen molar-refractivity contribution in [3.63, 3.8) is 0 Å². The molecule has 44 heavy (non-hydrogen) atoms. The van der Waals surface area contributed by atoms with Gasteiger partial charge < -0.3 is 35.7 Å². The molecule has 0 spiro atoms. The van der Waals surface area contributed by atoms with Gasteiger partial charge >= 0.3 is 0 Å². The van der Waals surface area contributed by atoms with Crippen LogP contribution in [0.4, 0.5) is 21.5 Å². The number of likely N-dealkylation sites (tertiary alicyclic amines) is 1. The zero-order valence-corrected chi connectivity index (χ0v) is 25.4. The van der Waals surface area contributed by atoms with Crippen LogP contribution in [0.15, 0.2) is 54.2 Å². The Labute approximate surface area is 261 Å². The molecule has 4 heterocycles. The van der Waals surface area contributed by atoms with Crippen molar-refractivity contribution in [2.75, 3.05) is 42.1 Å². The number of H-pyrrole nitrogens is 1. The van der Waals surface area contributed by atoms with E-state index in [-0.39, 0.29) is 27.9 Å². The summed E-state index contributed by atoms with van der Waals surface area (Å²) in [5, 5.41) is 12.7. The molecule has 1 aliphatic rings. The van der Waals surface area contributed by atoms with Crippen molar-refractivity contribution in [1.82, 2.24) is 19.8 Å². The van der Waals surface area contributed by atoms with Crippen LogP contribution >= 0.6 is 22.9 Å². The number of hydrogen-bond acceptors (Lipinski definition) is 6. The van der Waals surface area contributed by atoms with E-state index in [4.69, 9.17) is 11.6 Å². The molecule has 1 saturated heterocycles. The Morgan fingerprint density at radius 2 is 1.66 bits per heavy atom. The Kier molecular flexibility index (Phi) is 9.78. The zero-order chi connectivity index (χ0) is 31.2. The van der Waals surface area contributed by atoms with E-state index < -0.39 is 23.5 Å². The summed E-state index contributed by atoms with van der Waals surface area (Å²) in [6.07, 6.45) is 6.71. The molecule has 1 aromatic carbocycles. The fraction of sp³-hybridized carbons (Fsp3) is 0.267. The van der Waals surface area contributed by atoms with Crippen LogP contribution in [-0.2, 0) is 7.05 Å². The molecule has 14 heteroatoms. The summed E-state index contributed by atoms with van der Waals surface area (Å²) in [5.74, 6) is -2.57. The number of carbonyl (C=O) groups is 4. The van der Waals surface area contributed by atoms with Crippen molar-refractivity contribution in [2.24, 2.45) is 7.05 Å². The van der Waals surface area contributed by atoms with E-state index in [1.165, 1.54) is 49.7 Å². The topological polar surface area (TPSA) is 140 Å². The molecule has 0 aliphatic carbocycles. The number of aromatic amines is 1. The van der Waals surface area contributed by atoms with E-state index in [0.717, 1.165) is 37.0 Å².